The van der Waals surface area contributed by atoms with Crippen molar-refractivity contribution >= 4 is 11.6 Å². The van der Waals surface area contributed by atoms with E-state index < -0.39 is 54.2 Å². The topological polar surface area (TPSA) is 20.3 Å². The zero-order valence-corrected chi connectivity index (χ0v) is 14.4. The smallest absolute Gasteiger partial charge is 0.307 e. The normalized spacial score (nSPS) is 16.6. The average Bonchev–Trinajstić information content (AvgIpc) is 2.66. The van der Waals surface area contributed by atoms with Gasteiger partial charge in [0.1, 0.15) is 0 Å². The van der Waals surface area contributed by atoms with E-state index in [9.17, 15) is 57.5 Å². The number of alkyl halides is 12. The van der Waals surface area contributed by atoms with Crippen molar-refractivity contribution in [2.75, 3.05) is 11.4 Å². The van der Waals surface area contributed by atoms with Gasteiger partial charge in [0.2, 0.25) is 0 Å². The molecule has 0 atom stereocenters. The Morgan fingerprint density at radius 2 is 1.37 bits per heavy atom. The number of rotatable bonds is 6. The number of benzene rings is 1. The number of para-hydroxylation sites is 1. The van der Waals surface area contributed by atoms with Crippen LogP contribution in [0.1, 0.15) is 12.0 Å². The summed E-state index contributed by atoms with van der Waals surface area (Å²) in [6.45, 7) is -0.698. The minimum Gasteiger partial charge on any atom is -0.307 e. The van der Waals surface area contributed by atoms with Crippen LogP contribution in [0.2, 0.25) is 0 Å². The van der Waals surface area contributed by atoms with Gasteiger partial charge in [-0.1, -0.05) is 18.2 Å². The molecule has 1 heterocycles. The maximum atomic E-state index is 14.1. The number of fused-ring (bicyclic) bond motifs is 1. The molecule has 30 heavy (non-hydrogen) atoms. The fraction of sp³-hybridized carbons (Fsp3) is 0.562. The number of carbonyl (C=O) groups is 1. The molecule has 0 N–H and O–H groups in total. The quantitative estimate of drug-likeness (QED) is 0.520. The summed E-state index contributed by atoms with van der Waals surface area (Å²) in [4.78, 5) is 11.9. The molecule has 0 saturated heterocycles. The number of amides is 1. The lowest BCUT2D eigenvalue weighted by molar-refractivity contribution is -0.406. The zero-order chi connectivity index (χ0) is 23.3. The summed E-state index contributed by atoms with van der Waals surface area (Å²) in [5, 5.41) is 0. The van der Waals surface area contributed by atoms with Gasteiger partial charge in [-0.15, -0.1) is 0 Å². The highest BCUT2D eigenvalue weighted by molar-refractivity contribution is 6.00. The molecule has 0 aromatic heterocycles. The van der Waals surface area contributed by atoms with Crippen LogP contribution in [-0.2, 0) is 11.2 Å². The Labute approximate surface area is 160 Å². The lowest BCUT2D eigenvalue weighted by Gasteiger charge is -2.40. The highest BCUT2D eigenvalue weighted by Gasteiger charge is 2.89. The van der Waals surface area contributed by atoms with Crippen LogP contribution in [0.25, 0.3) is 0 Å². The van der Waals surface area contributed by atoms with Crippen molar-refractivity contribution in [1.29, 1.82) is 0 Å². The molecular formula is C16H11F12NO. The number of hydrogen-bond donors (Lipinski definition) is 0. The van der Waals surface area contributed by atoms with Crippen molar-refractivity contribution < 1.29 is 57.5 Å². The maximum Gasteiger partial charge on any atom is 0.393 e. The summed E-state index contributed by atoms with van der Waals surface area (Å²) in [5.41, 5.74) is -0.241. The van der Waals surface area contributed by atoms with E-state index in [0.29, 0.717) is 0 Å². The second-order valence-corrected chi connectivity index (χ2v) is 6.41. The second kappa shape index (κ2) is 7.22. The van der Waals surface area contributed by atoms with Crippen LogP contribution in [0.5, 0.6) is 0 Å². The second-order valence-electron chi connectivity index (χ2n) is 6.41. The molecule has 0 saturated carbocycles. The summed E-state index contributed by atoms with van der Waals surface area (Å²) in [5.74, 6) is -39.6. The average molecular weight is 461 g/mol. The molecular weight excluding hydrogens is 450 g/mol. The van der Waals surface area contributed by atoms with Crippen molar-refractivity contribution in [3.8, 4) is 0 Å². The van der Waals surface area contributed by atoms with Crippen molar-refractivity contribution in [3.63, 3.8) is 0 Å². The third-order valence-corrected chi connectivity index (χ3v) is 4.50. The minimum absolute atomic E-state index is 0.0772. The Morgan fingerprint density at radius 1 is 0.833 bits per heavy atom. The summed E-state index contributed by atoms with van der Waals surface area (Å²) >= 11 is 0. The number of anilines is 1. The molecule has 1 aromatic carbocycles. The number of carbonyl (C=O) groups excluding carboxylic acids is 1. The largest absolute Gasteiger partial charge is 0.393 e. The highest BCUT2D eigenvalue weighted by atomic mass is 19.4. The predicted molar refractivity (Wildman–Crippen MR) is 77.9 cm³/mol. The van der Waals surface area contributed by atoms with E-state index in [2.05, 4.69) is 0 Å². The van der Waals surface area contributed by atoms with Crippen LogP contribution in [0.4, 0.5) is 58.4 Å². The van der Waals surface area contributed by atoms with Crippen LogP contribution in [0, 0.1) is 0 Å². The van der Waals surface area contributed by atoms with E-state index in [1.165, 1.54) is 18.2 Å². The van der Waals surface area contributed by atoms with Crippen LogP contribution in [0.15, 0.2) is 24.3 Å². The van der Waals surface area contributed by atoms with E-state index in [-0.39, 0.29) is 23.3 Å². The van der Waals surface area contributed by atoms with Crippen LogP contribution in [-0.4, -0.2) is 48.5 Å². The van der Waals surface area contributed by atoms with Gasteiger partial charge in [0.15, 0.2) is 0 Å². The lowest BCUT2D eigenvalue weighted by atomic mass is 9.93. The first-order valence-corrected chi connectivity index (χ1v) is 8.01. The molecule has 1 aromatic rings. The fourth-order valence-corrected chi connectivity index (χ4v) is 2.79. The van der Waals surface area contributed by atoms with Gasteiger partial charge < -0.3 is 4.90 Å². The minimum atomic E-state index is -7.73. The monoisotopic (exact) mass is 461 g/mol. The molecule has 170 valence electrons. The van der Waals surface area contributed by atoms with E-state index >= 15 is 0 Å². The standard InChI is InChI=1S/C16H11F12NO/c17-10(18)12(19,20)14(23,24)16(27,28)15(25,26)13(21,22)11(30)29-7-3-5-8-4-1-2-6-9(8)29/h1-2,4,6,10H,3,5,7H2. The molecule has 2 rings (SSSR count). The van der Waals surface area contributed by atoms with Gasteiger partial charge in [-0.2, -0.15) is 43.9 Å². The molecule has 1 aliphatic rings. The Bertz CT molecular complexity index is 807. The molecule has 2 nitrogen and oxygen atoms in total. The van der Waals surface area contributed by atoms with Crippen LogP contribution >= 0.6 is 0 Å². The van der Waals surface area contributed by atoms with Gasteiger partial charge >= 0.3 is 41.9 Å². The van der Waals surface area contributed by atoms with Crippen molar-refractivity contribution in [1.82, 2.24) is 0 Å². The molecule has 0 spiro atoms. The van der Waals surface area contributed by atoms with E-state index in [1.54, 1.807) is 0 Å². The van der Waals surface area contributed by atoms with Gasteiger partial charge in [-0.05, 0) is 24.5 Å². The summed E-state index contributed by atoms with van der Waals surface area (Å²) in [7, 11) is 0. The number of halogens is 12. The summed E-state index contributed by atoms with van der Waals surface area (Å²) in [6, 6.07) is 4.82. The molecule has 1 aliphatic heterocycles. The lowest BCUT2D eigenvalue weighted by Crippen LogP contribution is -2.71. The Hall–Kier alpha value is -2.15. The maximum absolute atomic E-state index is 14.1. The van der Waals surface area contributed by atoms with E-state index in [4.69, 9.17) is 0 Å². The first-order chi connectivity index (χ1) is 13.4. The molecule has 14 heteroatoms. The predicted octanol–water partition coefficient (Wildman–Crippen LogP) is 5.41. The van der Waals surface area contributed by atoms with Gasteiger partial charge in [0.05, 0.1) is 0 Å². The van der Waals surface area contributed by atoms with Gasteiger partial charge in [-0.25, -0.2) is 8.78 Å². The van der Waals surface area contributed by atoms with E-state index in [0.717, 1.165) is 6.07 Å². The number of nitrogens with zero attached hydrogens (tertiary/aromatic N) is 1. The first-order valence-electron chi connectivity index (χ1n) is 8.01. The zero-order valence-electron chi connectivity index (χ0n) is 14.4. The van der Waals surface area contributed by atoms with Crippen LogP contribution < -0.4 is 4.90 Å². The fourth-order valence-electron chi connectivity index (χ4n) is 2.79. The molecule has 0 fully saturated rings. The number of aryl methyl sites for hydroxylation is 1. The van der Waals surface area contributed by atoms with Crippen molar-refractivity contribution in [3.05, 3.63) is 29.8 Å². The summed E-state index contributed by atoms with van der Waals surface area (Å²) in [6.07, 6.45) is -5.51. The third-order valence-electron chi connectivity index (χ3n) is 4.50. The van der Waals surface area contributed by atoms with Crippen molar-refractivity contribution in [2.24, 2.45) is 0 Å². The third kappa shape index (κ3) is 3.18. The van der Waals surface area contributed by atoms with E-state index in [1.807, 2.05) is 0 Å². The Morgan fingerprint density at radius 3 is 1.90 bits per heavy atom. The van der Waals surface area contributed by atoms with Gasteiger partial charge in [0, 0.05) is 12.2 Å². The number of hydrogen-bond acceptors (Lipinski definition) is 1. The molecule has 0 unspecified atom stereocenters. The molecule has 0 radical (unpaired) electrons. The Kier molecular flexibility index (Phi) is 5.81. The van der Waals surface area contributed by atoms with Gasteiger partial charge in [-0.3, -0.25) is 4.79 Å². The highest BCUT2D eigenvalue weighted by Crippen LogP contribution is 2.58. The molecule has 0 bridgehead atoms. The van der Waals surface area contributed by atoms with Crippen molar-refractivity contribution in [2.45, 2.75) is 48.9 Å². The Balaban J connectivity index is 2.51. The van der Waals surface area contributed by atoms with Crippen LogP contribution in [0.3, 0.4) is 0 Å². The molecule has 1 amide bonds. The molecule has 0 aliphatic carbocycles. The van der Waals surface area contributed by atoms with Gasteiger partial charge in [0.25, 0.3) is 0 Å². The SMILES string of the molecule is O=C(N1CCCc2ccccc21)C(F)(F)C(F)(F)C(F)(F)C(F)(F)C(F)(F)C(F)F. The summed E-state index contributed by atoms with van der Waals surface area (Å²) < 4.78 is 159. The first kappa shape index (κ1) is 24.1.